The molecule has 0 aliphatic heterocycles. The molecule has 0 aromatic heterocycles. The van der Waals surface area contributed by atoms with Gasteiger partial charge in [0.25, 0.3) is 0 Å². The summed E-state index contributed by atoms with van der Waals surface area (Å²) in [5, 5.41) is 8.88. The maximum Gasteiger partial charge on any atom is 0.303 e. The average Bonchev–Trinajstić information content (AvgIpc) is 2.45. The Hall–Kier alpha value is -1.51. The molecule has 1 aliphatic rings. The minimum absolute atomic E-state index is 0.251. The molecule has 1 aliphatic carbocycles. The number of hydrogen-bond donors (Lipinski definition) is 1. The second kappa shape index (κ2) is 7.48. The molecule has 0 bridgehead atoms. The first-order chi connectivity index (χ1) is 10.1. The Kier molecular flexibility index (Phi) is 5.66. The van der Waals surface area contributed by atoms with Gasteiger partial charge in [-0.25, -0.2) is 0 Å². The molecular formula is C18H27NO2. The van der Waals surface area contributed by atoms with Crippen LogP contribution in [0.2, 0.25) is 0 Å². The molecule has 0 radical (unpaired) electrons. The Morgan fingerprint density at radius 3 is 2.57 bits per heavy atom. The van der Waals surface area contributed by atoms with Crippen LogP contribution in [0, 0.1) is 11.8 Å². The molecule has 2 rings (SSSR count). The van der Waals surface area contributed by atoms with E-state index in [4.69, 9.17) is 5.11 Å². The van der Waals surface area contributed by atoms with Crippen molar-refractivity contribution in [1.29, 1.82) is 0 Å². The van der Waals surface area contributed by atoms with Gasteiger partial charge in [-0.1, -0.05) is 32.0 Å². The Morgan fingerprint density at radius 1 is 1.24 bits per heavy atom. The fourth-order valence-corrected chi connectivity index (χ4v) is 3.62. The average molecular weight is 289 g/mol. The third kappa shape index (κ3) is 4.48. The van der Waals surface area contributed by atoms with Crippen LogP contribution in [0.4, 0.5) is 5.69 Å². The molecule has 0 spiro atoms. The lowest BCUT2D eigenvalue weighted by Gasteiger charge is -2.42. The van der Waals surface area contributed by atoms with Crippen LogP contribution in [-0.2, 0) is 4.79 Å². The molecule has 21 heavy (non-hydrogen) atoms. The van der Waals surface area contributed by atoms with Crippen LogP contribution >= 0.6 is 0 Å². The zero-order valence-electron chi connectivity index (χ0n) is 13.2. The molecular weight excluding hydrogens is 262 g/mol. The van der Waals surface area contributed by atoms with Crippen molar-refractivity contribution in [1.82, 2.24) is 0 Å². The topological polar surface area (TPSA) is 40.5 Å². The van der Waals surface area contributed by atoms with Crippen molar-refractivity contribution in [3.05, 3.63) is 30.3 Å². The van der Waals surface area contributed by atoms with E-state index < -0.39 is 5.97 Å². The van der Waals surface area contributed by atoms with Crippen molar-refractivity contribution in [2.24, 2.45) is 11.8 Å². The standard InChI is InChI=1S/C18H27NO2/c1-14-10-11-17(15(2)13-14)19(12-6-9-18(20)21)16-7-4-3-5-8-16/h3-5,7-8,14-15,17H,6,9-13H2,1-2H3,(H,20,21). The smallest absolute Gasteiger partial charge is 0.303 e. The highest BCUT2D eigenvalue weighted by Gasteiger charge is 2.30. The first kappa shape index (κ1) is 15.9. The lowest BCUT2D eigenvalue weighted by molar-refractivity contribution is -0.137. The molecule has 1 N–H and O–H groups in total. The van der Waals surface area contributed by atoms with Gasteiger partial charge in [-0.3, -0.25) is 4.79 Å². The van der Waals surface area contributed by atoms with Gasteiger partial charge in [0.05, 0.1) is 0 Å². The molecule has 3 unspecified atom stereocenters. The second-order valence-electron chi connectivity index (χ2n) is 6.49. The number of rotatable bonds is 6. The highest BCUT2D eigenvalue weighted by Crippen LogP contribution is 2.34. The summed E-state index contributed by atoms with van der Waals surface area (Å²) in [6, 6.07) is 11.0. The van der Waals surface area contributed by atoms with E-state index in [1.165, 1.54) is 24.9 Å². The maximum absolute atomic E-state index is 10.8. The number of benzene rings is 1. The Balaban J connectivity index is 2.09. The van der Waals surface area contributed by atoms with Crippen LogP contribution in [0.25, 0.3) is 0 Å². The van der Waals surface area contributed by atoms with E-state index >= 15 is 0 Å². The van der Waals surface area contributed by atoms with Gasteiger partial charge in [0.15, 0.2) is 0 Å². The number of anilines is 1. The SMILES string of the molecule is CC1CCC(N(CCCC(=O)O)c2ccccc2)C(C)C1. The summed E-state index contributed by atoms with van der Waals surface area (Å²) in [6.07, 6.45) is 4.72. The third-order valence-electron chi connectivity index (χ3n) is 4.66. The van der Waals surface area contributed by atoms with E-state index in [0.29, 0.717) is 18.4 Å². The van der Waals surface area contributed by atoms with Crippen LogP contribution in [0.1, 0.15) is 46.0 Å². The fourth-order valence-electron chi connectivity index (χ4n) is 3.62. The zero-order chi connectivity index (χ0) is 15.2. The van der Waals surface area contributed by atoms with Crippen LogP contribution < -0.4 is 4.90 Å². The lowest BCUT2D eigenvalue weighted by atomic mass is 9.79. The highest BCUT2D eigenvalue weighted by atomic mass is 16.4. The Labute approximate surface area is 128 Å². The van der Waals surface area contributed by atoms with Gasteiger partial charge in [-0.05, 0) is 49.7 Å². The molecule has 1 saturated carbocycles. The molecule has 0 heterocycles. The van der Waals surface area contributed by atoms with Crippen molar-refractivity contribution in [2.45, 2.75) is 52.0 Å². The van der Waals surface area contributed by atoms with E-state index in [1.807, 2.05) is 6.07 Å². The predicted octanol–water partition coefficient (Wildman–Crippen LogP) is 4.18. The highest BCUT2D eigenvalue weighted by molar-refractivity contribution is 5.66. The summed E-state index contributed by atoms with van der Waals surface area (Å²) in [7, 11) is 0. The number of nitrogens with zero attached hydrogens (tertiary/aromatic N) is 1. The molecule has 1 aromatic rings. The van der Waals surface area contributed by atoms with Crippen molar-refractivity contribution in [3.8, 4) is 0 Å². The zero-order valence-corrected chi connectivity index (χ0v) is 13.2. The minimum Gasteiger partial charge on any atom is -0.481 e. The quantitative estimate of drug-likeness (QED) is 0.854. The number of carboxylic acids is 1. The summed E-state index contributed by atoms with van der Waals surface area (Å²) >= 11 is 0. The van der Waals surface area contributed by atoms with E-state index in [-0.39, 0.29) is 6.42 Å². The molecule has 3 atom stereocenters. The first-order valence-corrected chi connectivity index (χ1v) is 8.11. The number of aliphatic carboxylic acids is 1. The van der Waals surface area contributed by atoms with E-state index in [1.54, 1.807) is 0 Å². The van der Waals surface area contributed by atoms with Gasteiger partial charge < -0.3 is 10.0 Å². The largest absolute Gasteiger partial charge is 0.481 e. The molecule has 116 valence electrons. The molecule has 0 amide bonds. The summed E-state index contributed by atoms with van der Waals surface area (Å²) in [5.41, 5.74) is 1.23. The van der Waals surface area contributed by atoms with Gasteiger partial charge in [0.2, 0.25) is 0 Å². The number of carboxylic acid groups (broad SMARTS) is 1. The van der Waals surface area contributed by atoms with Gasteiger partial charge >= 0.3 is 5.97 Å². The van der Waals surface area contributed by atoms with Gasteiger partial charge in [0.1, 0.15) is 0 Å². The summed E-state index contributed by atoms with van der Waals surface area (Å²) in [6.45, 7) is 5.51. The van der Waals surface area contributed by atoms with Crippen molar-refractivity contribution in [3.63, 3.8) is 0 Å². The fraction of sp³-hybridized carbons (Fsp3) is 0.611. The first-order valence-electron chi connectivity index (χ1n) is 8.11. The van der Waals surface area contributed by atoms with Gasteiger partial charge in [-0.2, -0.15) is 0 Å². The Morgan fingerprint density at radius 2 is 1.95 bits per heavy atom. The minimum atomic E-state index is -0.701. The summed E-state index contributed by atoms with van der Waals surface area (Å²) in [4.78, 5) is 13.2. The molecule has 1 aromatic carbocycles. The van der Waals surface area contributed by atoms with Crippen LogP contribution in [0.15, 0.2) is 30.3 Å². The second-order valence-corrected chi connectivity index (χ2v) is 6.49. The predicted molar refractivity (Wildman–Crippen MR) is 86.6 cm³/mol. The number of hydrogen-bond acceptors (Lipinski definition) is 2. The third-order valence-corrected chi connectivity index (χ3v) is 4.66. The number of para-hydroxylation sites is 1. The van der Waals surface area contributed by atoms with Crippen molar-refractivity contribution in [2.75, 3.05) is 11.4 Å². The molecule has 3 heteroatoms. The molecule has 3 nitrogen and oxygen atoms in total. The van der Waals surface area contributed by atoms with E-state index in [9.17, 15) is 4.79 Å². The summed E-state index contributed by atoms with van der Waals surface area (Å²) in [5.74, 6) is 0.778. The van der Waals surface area contributed by atoms with E-state index in [2.05, 4.69) is 43.0 Å². The van der Waals surface area contributed by atoms with E-state index in [0.717, 1.165) is 12.5 Å². The normalized spacial score (nSPS) is 25.5. The van der Waals surface area contributed by atoms with Crippen LogP contribution in [0.5, 0.6) is 0 Å². The molecule has 0 saturated heterocycles. The maximum atomic E-state index is 10.8. The van der Waals surface area contributed by atoms with Gasteiger partial charge in [0, 0.05) is 24.7 Å². The summed E-state index contributed by atoms with van der Waals surface area (Å²) < 4.78 is 0. The monoisotopic (exact) mass is 289 g/mol. The molecule has 1 fully saturated rings. The lowest BCUT2D eigenvalue weighted by Crippen LogP contribution is -2.43. The van der Waals surface area contributed by atoms with Crippen molar-refractivity contribution < 1.29 is 9.90 Å². The van der Waals surface area contributed by atoms with Crippen LogP contribution in [-0.4, -0.2) is 23.7 Å². The number of carbonyl (C=O) groups is 1. The van der Waals surface area contributed by atoms with Crippen molar-refractivity contribution >= 4 is 11.7 Å². The Bertz CT molecular complexity index is 446. The van der Waals surface area contributed by atoms with Crippen LogP contribution in [0.3, 0.4) is 0 Å². The van der Waals surface area contributed by atoms with Gasteiger partial charge in [-0.15, -0.1) is 0 Å².